The van der Waals surface area contributed by atoms with E-state index in [9.17, 15) is 9.18 Å². The molecule has 1 aliphatic rings. The molecule has 0 heterocycles. The van der Waals surface area contributed by atoms with Gasteiger partial charge in [0.05, 0.1) is 17.9 Å². The molecule has 1 atom stereocenters. The second-order valence-electron chi connectivity index (χ2n) is 5.08. The number of carbonyl (C=O) groups excluding carboxylic acids is 1. The first-order valence-corrected chi connectivity index (χ1v) is 6.82. The van der Waals surface area contributed by atoms with E-state index in [0.29, 0.717) is 23.6 Å². The van der Waals surface area contributed by atoms with E-state index in [1.165, 1.54) is 18.2 Å². The predicted octanol–water partition coefficient (Wildman–Crippen LogP) is 2.54. The number of aliphatic hydroxyl groups excluding tert-OH is 1. The van der Waals surface area contributed by atoms with Crippen molar-refractivity contribution in [2.45, 2.75) is 26.2 Å². The molecule has 0 aliphatic heterocycles. The average Bonchev–Trinajstić information content (AvgIpc) is 3.25. The van der Waals surface area contributed by atoms with Crippen LogP contribution in [-0.4, -0.2) is 17.6 Å². The van der Waals surface area contributed by atoms with E-state index in [1.807, 2.05) is 6.92 Å². The van der Waals surface area contributed by atoms with E-state index in [0.717, 1.165) is 12.8 Å². The molecular formula is C16H18FNO2. The maximum Gasteiger partial charge on any atom is 0.227 e. The topological polar surface area (TPSA) is 49.3 Å². The molecule has 1 unspecified atom stereocenters. The van der Waals surface area contributed by atoms with E-state index >= 15 is 0 Å². The summed E-state index contributed by atoms with van der Waals surface area (Å²) in [5.74, 6) is 5.51. The third kappa shape index (κ3) is 3.82. The number of hydrogen-bond acceptors (Lipinski definition) is 2. The summed E-state index contributed by atoms with van der Waals surface area (Å²) in [5, 5.41) is 11.5. The molecule has 20 heavy (non-hydrogen) atoms. The van der Waals surface area contributed by atoms with Crippen LogP contribution in [0.15, 0.2) is 18.2 Å². The predicted molar refractivity (Wildman–Crippen MR) is 75.5 cm³/mol. The van der Waals surface area contributed by atoms with E-state index in [4.69, 9.17) is 5.11 Å². The van der Waals surface area contributed by atoms with Gasteiger partial charge in [-0.1, -0.05) is 18.8 Å². The van der Waals surface area contributed by atoms with Gasteiger partial charge in [0.2, 0.25) is 5.91 Å². The van der Waals surface area contributed by atoms with Gasteiger partial charge in [0, 0.05) is 12.3 Å². The Bertz CT molecular complexity index is 555. The number of nitrogens with one attached hydrogen (secondary N) is 1. The van der Waals surface area contributed by atoms with Crippen LogP contribution in [0.2, 0.25) is 0 Å². The molecule has 3 nitrogen and oxygen atoms in total. The first-order valence-electron chi connectivity index (χ1n) is 6.82. The average molecular weight is 275 g/mol. The van der Waals surface area contributed by atoms with Gasteiger partial charge in [-0.25, -0.2) is 4.39 Å². The molecule has 0 radical (unpaired) electrons. The van der Waals surface area contributed by atoms with Crippen LogP contribution in [0, 0.1) is 29.5 Å². The van der Waals surface area contributed by atoms with Crippen molar-refractivity contribution in [3.05, 3.63) is 29.6 Å². The Labute approximate surface area is 118 Å². The van der Waals surface area contributed by atoms with Crippen LogP contribution in [0.5, 0.6) is 0 Å². The number of aliphatic hydroxyl groups is 1. The molecule has 1 aromatic rings. The second kappa shape index (κ2) is 6.53. The zero-order valence-electron chi connectivity index (χ0n) is 11.4. The fourth-order valence-electron chi connectivity index (χ4n) is 2.00. The Morgan fingerprint density at radius 3 is 2.95 bits per heavy atom. The lowest BCUT2D eigenvalue weighted by atomic mass is 10.1. The highest BCUT2D eigenvalue weighted by atomic mass is 19.1. The summed E-state index contributed by atoms with van der Waals surface area (Å²) >= 11 is 0. The normalized spacial score (nSPS) is 15.2. The Morgan fingerprint density at radius 1 is 1.55 bits per heavy atom. The minimum Gasteiger partial charge on any atom is -0.395 e. The second-order valence-corrected chi connectivity index (χ2v) is 5.08. The van der Waals surface area contributed by atoms with Gasteiger partial charge in [-0.3, -0.25) is 4.79 Å². The minimum absolute atomic E-state index is 0.0293. The van der Waals surface area contributed by atoms with Crippen LogP contribution in [0.1, 0.15) is 31.7 Å². The molecule has 1 saturated carbocycles. The van der Waals surface area contributed by atoms with Crippen LogP contribution in [0.4, 0.5) is 10.1 Å². The smallest absolute Gasteiger partial charge is 0.227 e. The molecule has 0 aromatic heterocycles. The Hall–Kier alpha value is -1.86. The summed E-state index contributed by atoms with van der Waals surface area (Å²) in [4.78, 5) is 12.1. The molecule has 2 rings (SSSR count). The summed E-state index contributed by atoms with van der Waals surface area (Å²) in [5.41, 5.74) is 0.962. The SMILES string of the molecule is CC(C(=O)Nc1ccc(F)cc1C#CCCO)C1CC1. The van der Waals surface area contributed by atoms with Gasteiger partial charge < -0.3 is 10.4 Å². The van der Waals surface area contributed by atoms with E-state index in [2.05, 4.69) is 17.2 Å². The summed E-state index contributed by atoms with van der Waals surface area (Å²) in [6, 6.07) is 4.12. The van der Waals surface area contributed by atoms with Crippen molar-refractivity contribution in [2.24, 2.45) is 11.8 Å². The molecule has 0 bridgehead atoms. The first kappa shape index (κ1) is 14.5. The standard InChI is InChI=1S/C16H18FNO2/c1-11(12-5-6-12)16(20)18-15-8-7-14(17)10-13(15)4-2-3-9-19/h7-8,10-12,19H,3,5-6,9H2,1H3,(H,18,20). The van der Waals surface area contributed by atoms with Gasteiger partial charge >= 0.3 is 0 Å². The van der Waals surface area contributed by atoms with Crippen molar-refractivity contribution in [3.63, 3.8) is 0 Å². The van der Waals surface area contributed by atoms with Gasteiger partial charge in [0.25, 0.3) is 0 Å². The molecule has 0 saturated heterocycles. The fourth-order valence-corrected chi connectivity index (χ4v) is 2.00. The van der Waals surface area contributed by atoms with Crippen LogP contribution in [0.3, 0.4) is 0 Å². The van der Waals surface area contributed by atoms with Gasteiger partial charge in [0.1, 0.15) is 5.82 Å². The number of amides is 1. The number of anilines is 1. The van der Waals surface area contributed by atoms with Crippen molar-refractivity contribution in [3.8, 4) is 11.8 Å². The highest BCUT2D eigenvalue weighted by molar-refractivity contribution is 5.94. The molecule has 4 heteroatoms. The van der Waals surface area contributed by atoms with Crippen molar-refractivity contribution >= 4 is 11.6 Å². The number of benzene rings is 1. The summed E-state index contributed by atoms with van der Waals surface area (Å²) in [6.07, 6.45) is 2.52. The van der Waals surface area contributed by atoms with Crippen LogP contribution < -0.4 is 5.32 Å². The van der Waals surface area contributed by atoms with Gasteiger partial charge in [0.15, 0.2) is 0 Å². The molecule has 2 N–H and O–H groups in total. The van der Waals surface area contributed by atoms with Gasteiger partial charge in [-0.2, -0.15) is 0 Å². The van der Waals surface area contributed by atoms with Gasteiger partial charge in [-0.05, 0) is 37.0 Å². The summed E-state index contributed by atoms with van der Waals surface area (Å²) in [7, 11) is 0. The van der Waals surface area contributed by atoms with Crippen molar-refractivity contribution in [1.29, 1.82) is 0 Å². The molecule has 1 fully saturated rings. The van der Waals surface area contributed by atoms with Crippen LogP contribution in [0.25, 0.3) is 0 Å². The molecule has 1 amide bonds. The monoisotopic (exact) mass is 275 g/mol. The molecule has 106 valence electrons. The molecule has 0 spiro atoms. The largest absolute Gasteiger partial charge is 0.395 e. The Kier molecular flexibility index (Phi) is 4.75. The van der Waals surface area contributed by atoms with Crippen LogP contribution in [-0.2, 0) is 4.79 Å². The lowest BCUT2D eigenvalue weighted by Gasteiger charge is -2.12. The van der Waals surface area contributed by atoms with Crippen LogP contribution >= 0.6 is 0 Å². The quantitative estimate of drug-likeness (QED) is 0.830. The zero-order valence-corrected chi connectivity index (χ0v) is 11.4. The Balaban J connectivity index is 2.13. The lowest BCUT2D eigenvalue weighted by Crippen LogP contribution is -2.22. The van der Waals surface area contributed by atoms with E-state index in [1.54, 1.807) is 0 Å². The Morgan fingerprint density at radius 2 is 2.30 bits per heavy atom. The zero-order chi connectivity index (χ0) is 14.5. The number of halogens is 1. The van der Waals surface area contributed by atoms with Crippen molar-refractivity contribution in [1.82, 2.24) is 0 Å². The highest BCUT2D eigenvalue weighted by Gasteiger charge is 2.32. The minimum atomic E-state index is -0.397. The van der Waals surface area contributed by atoms with Gasteiger partial charge in [-0.15, -0.1) is 0 Å². The number of carbonyl (C=O) groups is 1. The van der Waals surface area contributed by atoms with Crippen molar-refractivity contribution in [2.75, 3.05) is 11.9 Å². The summed E-state index contributed by atoms with van der Waals surface area (Å²) < 4.78 is 13.3. The first-order chi connectivity index (χ1) is 9.61. The maximum atomic E-state index is 13.3. The molecule has 1 aromatic carbocycles. The van der Waals surface area contributed by atoms with E-state index < -0.39 is 5.82 Å². The third-order valence-corrected chi connectivity index (χ3v) is 3.44. The lowest BCUT2D eigenvalue weighted by molar-refractivity contribution is -0.119. The third-order valence-electron chi connectivity index (χ3n) is 3.44. The highest BCUT2D eigenvalue weighted by Crippen LogP contribution is 2.37. The van der Waals surface area contributed by atoms with E-state index in [-0.39, 0.29) is 18.4 Å². The van der Waals surface area contributed by atoms with Crippen molar-refractivity contribution < 1.29 is 14.3 Å². The molecular weight excluding hydrogens is 257 g/mol. The number of rotatable bonds is 4. The molecule has 1 aliphatic carbocycles. The maximum absolute atomic E-state index is 13.3. The fraction of sp³-hybridized carbons (Fsp3) is 0.438. The summed E-state index contributed by atoms with van der Waals surface area (Å²) in [6.45, 7) is 1.87. The number of hydrogen-bond donors (Lipinski definition) is 2.